The summed E-state index contributed by atoms with van der Waals surface area (Å²) in [7, 11) is 2.25. The summed E-state index contributed by atoms with van der Waals surface area (Å²) in [5.74, 6) is -3.78. The zero-order valence-electron chi connectivity index (χ0n) is 16.0. The molecule has 0 saturated carbocycles. The van der Waals surface area contributed by atoms with Crippen molar-refractivity contribution in [1.82, 2.24) is 5.32 Å². The molecule has 1 amide bonds. The summed E-state index contributed by atoms with van der Waals surface area (Å²) in [6.07, 6.45) is -3.75. The van der Waals surface area contributed by atoms with Crippen LogP contribution < -0.4 is 10.2 Å². The molecular formula is C20H17F3N2O5. The quantitative estimate of drug-likeness (QED) is 0.731. The Morgan fingerprint density at radius 2 is 1.80 bits per heavy atom. The van der Waals surface area contributed by atoms with Crippen molar-refractivity contribution in [3.63, 3.8) is 0 Å². The van der Waals surface area contributed by atoms with Crippen LogP contribution in [0, 0.1) is 0 Å². The van der Waals surface area contributed by atoms with Crippen LogP contribution in [0.15, 0.2) is 47.2 Å². The monoisotopic (exact) mass is 422 g/mol. The van der Waals surface area contributed by atoms with E-state index in [0.29, 0.717) is 22.7 Å². The van der Waals surface area contributed by atoms with E-state index in [1.165, 1.54) is 12.1 Å². The molecular weight excluding hydrogens is 405 g/mol. The number of rotatable bonds is 2. The number of ether oxygens (including phenoxy) is 2. The molecule has 1 saturated heterocycles. The molecule has 158 valence electrons. The Morgan fingerprint density at radius 3 is 2.43 bits per heavy atom. The Kier molecular flexibility index (Phi) is 4.41. The highest BCUT2D eigenvalue weighted by Crippen LogP contribution is 2.58. The molecule has 2 aliphatic heterocycles. The number of fused-ring (bicyclic) bond motifs is 1. The van der Waals surface area contributed by atoms with Gasteiger partial charge in [-0.15, -0.1) is 0 Å². The van der Waals surface area contributed by atoms with Gasteiger partial charge in [-0.25, -0.2) is 9.59 Å². The summed E-state index contributed by atoms with van der Waals surface area (Å²) in [6, 6.07) is 4.83. The maximum absolute atomic E-state index is 13.5. The SMILES string of the molecule is COC(=O)C1=CC(C(=O)OC)=C2NCC[C@@]23c2ccccc2N(C(=O)C(F)(F)F)[C@@H]13. The number of nitrogens with one attached hydrogen (secondary N) is 1. The maximum atomic E-state index is 13.5. The van der Waals surface area contributed by atoms with Crippen molar-refractivity contribution >= 4 is 23.5 Å². The maximum Gasteiger partial charge on any atom is 0.471 e. The first-order chi connectivity index (χ1) is 14.2. The number of amides is 1. The summed E-state index contributed by atoms with van der Waals surface area (Å²) in [4.78, 5) is 38.2. The minimum absolute atomic E-state index is 0.0164. The summed E-state index contributed by atoms with van der Waals surface area (Å²) < 4.78 is 50.2. The average molecular weight is 422 g/mol. The van der Waals surface area contributed by atoms with Crippen molar-refractivity contribution in [1.29, 1.82) is 0 Å². The summed E-state index contributed by atoms with van der Waals surface area (Å²) >= 11 is 0. The molecule has 1 aliphatic carbocycles. The number of hydrogen-bond acceptors (Lipinski definition) is 6. The van der Waals surface area contributed by atoms with E-state index >= 15 is 0 Å². The van der Waals surface area contributed by atoms with E-state index in [1.54, 1.807) is 12.1 Å². The number of hydrogen-bond donors (Lipinski definition) is 1. The average Bonchev–Trinajstić information content (AvgIpc) is 3.29. The topological polar surface area (TPSA) is 84.9 Å². The highest BCUT2D eigenvalue weighted by atomic mass is 19.4. The van der Waals surface area contributed by atoms with Gasteiger partial charge in [0.05, 0.1) is 36.8 Å². The number of halogens is 3. The first-order valence-electron chi connectivity index (χ1n) is 9.05. The van der Waals surface area contributed by atoms with Gasteiger partial charge < -0.3 is 14.8 Å². The van der Waals surface area contributed by atoms with E-state index in [-0.39, 0.29) is 23.3 Å². The standard InChI is InChI=1S/C20H17F3N2O5/c1-29-16(26)10-9-11(17(27)30-2)15-19(7-8-24-14(10)19)12-5-3-4-6-13(12)25(15)18(28)20(21,22)23/h3-6,9,15,24H,7-8H2,1-2H3/t15-,19+/m0/s1. The van der Waals surface area contributed by atoms with E-state index < -0.39 is 35.5 Å². The summed E-state index contributed by atoms with van der Waals surface area (Å²) in [5.41, 5.74) is -0.659. The summed E-state index contributed by atoms with van der Waals surface area (Å²) in [5, 5.41) is 3.07. The Morgan fingerprint density at radius 1 is 1.13 bits per heavy atom. The minimum atomic E-state index is -5.17. The van der Waals surface area contributed by atoms with Crippen LogP contribution in [-0.2, 0) is 29.3 Å². The van der Waals surface area contributed by atoms with Gasteiger partial charge in [-0.3, -0.25) is 9.69 Å². The number of anilines is 1. The van der Waals surface area contributed by atoms with Crippen LogP contribution in [0.3, 0.4) is 0 Å². The van der Waals surface area contributed by atoms with E-state index in [4.69, 9.17) is 9.47 Å². The van der Waals surface area contributed by atoms with E-state index in [0.717, 1.165) is 20.3 Å². The molecule has 0 bridgehead atoms. The fourth-order valence-electron chi connectivity index (χ4n) is 4.75. The van der Waals surface area contributed by atoms with Gasteiger partial charge >= 0.3 is 24.0 Å². The number of methoxy groups -OCH3 is 2. The number of esters is 2. The van der Waals surface area contributed by atoms with Crippen LogP contribution >= 0.6 is 0 Å². The first-order valence-corrected chi connectivity index (χ1v) is 9.05. The minimum Gasteiger partial charge on any atom is -0.466 e. The third-order valence-electron chi connectivity index (χ3n) is 5.79. The van der Waals surface area contributed by atoms with Gasteiger partial charge in [0, 0.05) is 17.9 Å². The highest BCUT2D eigenvalue weighted by Gasteiger charge is 2.64. The van der Waals surface area contributed by atoms with Gasteiger partial charge in [0.2, 0.25) is 0 Å². The molecule has 2 heterocycles. The highest BCUT2D eigenvalue weighted by molar-refractivity contribution is 6.07. The normalized spacial score (nSPS) is 24.4. The predicted octanol–water partition coefficient (Wildman–Crippen LogP) is 1.74. The lowest BCUT2D eigenvalue weighted by molar-refractivity contribution is -0.170. The first kappa shape index (κ1) is 20.0. The lowest BCUT2D eigenvalue weighted by Gasteiger charge is -2.40. The Labute approximate surface area is 169 Å². The molecule has 1 aromatic carbocycles. The molecule has 0 unspecified atom stereocenters. The third kappa shape index (κ3) is 2.49. The number of alkyl halides is 3. The van der Waals surface area contributed by atoms with Crippen molar-refractivity contribution < 1.29 is 37.0 Å². The lowest BCUT2D eigenvalue weighted by atomic mass is 9.67. The Bertz CT molecular complexity index is 1030. The van der Waals surface area contributed by atoms with Crippen molar-refractivity contribution in [2.45, 2.75) is 24.1 Å². The van der Waals surface area contributed by atoms with Gasteiger partial charge in [0.25, 0.3) is 0 Å². The van der Waals surface area contributed by atoms with Crippen molar-refractivity contribution in [2.24, 2.45) is 0 Å². The van der Waals surface area contributed by atoms with Gasteiger partial charge in [-0.1, -0.05) is 18.2 Å². The second-order valence-electron chi connectivity index (χ2n) is 7.11. The molecule has 1 spiro atoms. The Balaban J connectivity index is 2.06. The molecule has 4 rings (SSSR count). The van der Waals surface area contributed by atoms with Crippen LogP contribution in [-0.4, -0.2) is 50.8 Å². The van der Waals surface area contributed by atoms with Crippen molar-refractivity contribution in [2.75, 3.05) is 25.7 Å². The molecule has 3 aliphatic rings. The number of carbonyl (C=O) groups is 3. The van der Waals surface area contributed by atoms with Gasteiger partial charge in [0.1, 0.15) is 0 Å². The van der Waals surface area contributed by atoms with Crippen LogP contribution in [0.2, 0.25) is 0 Å². The van der Waals surface area contributed by atoms with E-state index in [1.807, 2.05) is 0 Å². The Hall–Kier alpha value is -3.30. The molecule has 2 atom stereocenters. The zero-order valence-corrected chi connectivity index (χ0v) is 16.0. The number of para-hydroxylation sites is 1. The van der Waals surface area contributed by atoms with Crippen molar-refractivity contribution in [3.05, 3.63) is 52.7 Å². The van der Waals surface area contributed by atoms with Crippen LogP contribution in [0.4, 0.5) is 18.9 Å². The lowest BCUT2D eigenvalue weighted by Crippen LogP contribution is -2.55. The number of carbonyl (C=O) groups excluding carboxylic acids is 3. The molecule has 30 heavy (non-hydrogen) atoms. The zero-order chi connectivity index (χ0) is 21.8. The van der Waals surface area contributed by atoms with E-state index in [9.17, 15) is 27.6 Å². The molecule has 1 N–H and O–H groups in total. The molecule has 10 heteroatoms. The smallest absolute Gasteiger partial charge is 0.466 e. The van der Waals surface area contributed by atoms with E-state index in [2.05, 4.69) is 5.32 Å². The third-order valence-corrected chi connectivity index (χ3v) is 5.79. The molecule has 0 radical (unpaired) electrons. The van der Waals surface area contributed by atoms with Crippen molar-refractivity contribution in [3.8, 4) is 0 Å². The fraction of sp³-hybridized carbons (Fsp3) is 0.350. The largest absolute Gasteiger partial charge is 0.471 e. The summed E-state index contributed by atoms with van der Waals surface area (Å²) in [6.45, 7) is 0.330. The second kappa shape index (κ2) is 6.61. The van der Waals surface area contributed by atoms with Crippen LogP contribution in [0.1, 0.15) is 12.0 Å². The van der Waals surface area contributed by atoms with Gasteiger partial charge in [-0.05, 0) is 24.1 Å². The van der Waals surface area contributed by atoms with Crippen LogP contribution in [0.5, 0.6) is 0 Å². The molecule has 0 aromatic heterocycles. The molecule has 1 aromatic rings. The second-order valence-corrected chi connectivity index (χ2v) is 7.11. The predicted molar refractivity (Wildman–Crippen MR) is 97.2 cm³/mol. The molecule has 7 nitrogen and oxygen atoms in total. The number of nitrogens with zero attached hydrogens (tertiary/aromatic N) is 1. The fourth-order valence-corrected chi connectivity index (χ4v) is 4.75. The van der Waals surface area contributed by atoms with Gasteiger partial charge in [0.15, 0.2) is 0 Å². The number of benzene rings is 1. The molecule has 1 fully saturated rings. The van der Waals surface area contributed by atoms with Gasteiger partial charge in [-0.2, -0.15) is 13.2 Å². The van der Waals surface area contributed by atoms with Crippen LogP contribution in [0.25, 0.3) is 0 Å².